The molecule has 0 heterocycles. The minimum absolute atomic E-state index is 0.0382. The van der Waals surface area contributed by atoms with Crippen molar-refractivity contribution in [3.8, 4) is 5.75 Å². The van der Waals surface area contributed by atoms with E-state index in [0.717, 1.165) is 0 Å². The monoisotopic (exact) mass is 348 g/mol. The highest BCUT2D eigenvalue weighted by atomic mass is 35.5. The first kappa shape index (κ1) is 17.2. The topological polar surface area (TPSA) is 50.4 Å². The number of thiocarbonyl (C=S) groups is 1. The summed E-state index contributed by atoms with van der Waals surface area (Å²) in [6, 6.07) is 14.1. The van der Waals surface area contributed by atoms with Crippen molar-refractivity contribution in [2.24, 2.45) is 0 Å². The standard InChI is InChI=1S/C17H17ClN2O2S/c1-11(2)22-13-7-5-6-12(10-13)16(21)20-17(23)19-15-9-4-3-8-14(15)18/h3-11H,1-2H3,(H2,19,20,21,23). The van der Waals surface area contributed by atoms with Crippen LogP contribution in [0.15, 0.2) is 48.5 Å². The zero-order valence-electron chi connectivity index (χ0n) is 12.8. The van der Waals surface area contributed by atoms with Crippen molar-refractivity contribution >= 4 is 40.5 Å². The molecule has 0 unspecified atom stereocenters. The van der Waals surface area contributed by atoms with Crippen molar-refractivity contribution in [1.82, 2.24) is 5.32 Å². The maximum atomic E-state index is 12.2. The van der Waals surface area contributed by atoms with Crippen LogP contribution in [0.5, 0.6) is 5.75 Å². The average molecular weight is 349 g/mol. The summed E-state index contributed by atoms with van der Waals surface area (Å²) >= 11 is 11.2. The Hall–Kier alpha value is -2.11. The first-order valence-corrected chi connectivity index (χ1v) is 7.88. The van der Waals surface area contributed by atoms with Crippen molar-refractivity contribution in [1.29, 1.82) is 0 Å². The molecule has 0 saturated carbocycles. The molecule has 2 aromatic rings. The van der Waals surface area contributed by atoms with Gasteiger partial charge in [-0.05, 0) is 56.4 Å². The predicted molar refractivity (Wildman–Crippen MR) is 97.3 cm³/mol. The third-order valence-corrected chi connectivity index (χ3v) is 3.35. The van der Waals surface area contributed by atoms with E-state index in [1.165, 1.54) is 0 Å². The third-order valence-electron chi connectivity index (χ3n) is 2.82. The Balaban J connectivity index is 2.01. The van der Waals surface area contributed by atoms with Crippen LogP contribution >= 0.6 is 23.8 Å². The van der Waals surface area contributed by atoms with Crippen LogP contribution in [0, 0.1) is 0 Å². The van der Waals surface area contributed by atoms with Crippen LogP contribution in [0.1, 0.15) is 24.2 Å². The van der Waals surface area contributed by atoms with Crippen molar-refractivity contribution in [3.63, 3.8) is 0 Å². The fourth-order valence-electron chi connectivity index (χ4n) is 1.87. The number of carbonyl (C=O) groups excluding carboxylic acids is 1. The molecule has 0 radical (unpaired) electrons. The number of benzene rings is 2. The first-order valence-electron chi connectivity index (χ1n) is 7.09. The van der Waals surface area contributed by atoms with Gasteiger partial charge in [-0.2, -0.15) is 0 Å². The maximum absolute atomic E-state index is 12.2. The molecule has 0 aliphatic carbocycles. The number of hydrogen-bond donors (Lipinski definition) is 2. The van der Waals surface area contributed by atoms with Crippen LogP contribution in [0.2, 0.25) is 5.02 Å². The fraction of sp³-hybridized carbons (Fsp3) is 0.176. The Morgan fingerprint density at radius 1 is 1.17 bits per heavy atom. The van der Waals surface area contributed by atoms with E-state index in [2.05, 4.69) is 10.6 Å². The molecule has 2 rings (SSSR count). The van der Waals surface area contributed by atoms with E-state index in [4.69, 9.17) is 28.6 Å². The third kappa shape index (κ3) is 5.23. The Kier molecular flexibility index (Phi) is 5.96. The van der Waals surface area contributed by atoms with Gasteiger partial charge < -0.3 is 10.1 Å². The van der Waals surface area contributed by atoms with Gasteiger partial charge in [0.15, 0.2) is 5.11 Å². The summed E-state index contributed by atoms with van der Waals surface area (Å²) in [5.74, 6) is 0.321. The summed E-state index contributed by atoms with van der Waals surface area (Å²) in [5, 5.41) is 6.22. The smallest absolute Gasteiger partial charge is 0.257 e. The van der Waals surface area contributed by atoms with Gasteiger partial charge in [0.05, 0.1) is 16.8 Å². The number of nitrogens with one attached hydrogen (secondary N) is 2. The van der Waals surface area contributed by atoms with Crippen LogP contribution < -0.4 is 15.4 Å². The number of anilines is 1. The van der Waals surface area contributed by atoms with E-state index in [1.807, 2.05) is 26.0 Å². The summed E-state index contributed by atoms with van der Waals surface area (Å²) in [5.41, 5.74) is 1.10. The van der Waals surface area contributed by atoms with Gasteiger partial charge in [-0.25, -0.2) is 0 Å². The molecule has 0 saturated heterocycles. The van der Waals surface area contributed by atoms with Crippen LogP contribution in [-0.4, -0.2) is 17.1 Å². The zero-order valence-corrected chi connectivity index (χ0v) is 14.4. The van der Waals surface area contributed by atoms with E-state index in [0.29, 0.717) is 22.0 Å². The van der Waals surface area contributed by atoms with Crippen LogP contribution in [0.3, 0.4) is 0 Å². The molecule has 0 aliphatic rings. The highest BCUT2D eigenvalue weighted by Crippen LogP contribution is 2.20. The lowest BCUT2D eigenvalue weighted by atomic mass is 10.2. The second kappa shape index (κ2) is 7.94. The number of hydrogen-bond acceptors (Lipinski definition) is 3. The summed E-state index contributed by atoms with van der Waals surface area (Å²) in [7, 11) is 0. The van der Waals surface area contributed by atoms with E-state index in [1.54, 1.807) is 36.4 Å². The molecular weight excluding hydrogens is 332 g/mol. The number of halogens is 1. The van der Waals surface area contributed by atoms with Gasteiger partial charge in [-0.1, -0.05) is 29.8 Å². The molecule has 120 valence electrons. The molecule has 0 bridgehead atoms. The molecule has 2 N–H and O–H groups in total. The largest absolute Gasteiger partial charge is 0.491 e. The molecule has 2 aromatic carbocycles. The van der Waals surface area contributed by atoms with Gasteiger partial charge in [-0.3, -0.25) is 10.1 Å². The van der Waals surface area contributed by atoms with E-state index >= 15 is 0 Å². The predicted octanol–water partition coefficient (Wildman–Crippen LogP) is 4.25. The molecule has 0 aliphatic heterocycles. The molecule has 0 atom stereocenters. The molecule has 4 nitrogen and oxygen atoms in total. The Labute approximate surface area is 145 Å². The van der Waals surface area contributed by atoms with E-state index < -0.39 is 0 Å². The van der Waals surface area contributed by atoms with Crippen molar-refractivity contribution < 1.29 is 9.53 Å². The molecular formula is C17H17ClN2O2S. The number of rotatable bonds is 4. The van der Waals surface area contributed by atoms with Gasteiger partial charge in [-0.15, -0.1) is 0 Å². The van der Waals surface area contributed by atoms with Gasteiger partial charge in [0.2, 0.25) is 0 Å². The minimum Gasteiger partial charge on any atom is -0.491 e. The van der Waals surface area contributed by atoms with Crippen molar-refractivity contribution in [2.75, 3.05) is 5.32 Å². The van der Waals surface area contributed by atoms with Crippen LogP contribution in [0.25, 0.3) is 0 Å². The van der Waals surface area contributed by atoms with Gasteiger partial charge in [0.1, 0.15) is 5.75 Å². The lowest BCUT2D eigenvalue weighted by Crippen LogP contribution is -2.34. The Bertz CT molecular complexity index is 719. The molecule has 23 heavy (non-hydrogen) atoms. The summed E-state index contributed by atoms with van der Waals surface area (Å²) in [4.78, 5) is 12.2. The Morgan fingerprint density at radius 2 is 1.91 bits per heavy atom. The fourth-order valence-corrected chi connectivity index (χ4v) is 2.26. The van der Waals surface area contributed by atoms with Crippen LogP contribution in [0.4, 0.5) is 5.69 Å². The van der Waals surface area contributed by atoms with Crippen molar-refractivity contribution in [3.05, 3.63) is 59.1 Å². The second-order valence-electron chi connectivity index (χ2n) is 5.08. The Morgan fingerprint density at radius 3 is 2.61 bits per heavy atom. The first-order chi connectivity index (χ1) is 11.0. The lowest BCUT2D eigenvalue weighted by Gasteiger charge is -2.12. The minimum atomic E-state index is -0.316. The molecule has 0 spiro atoms. The summed E-state index contributed by atoms with van der Waals surface area (Å²) in [6.07, 6.45) is 0.0382. The highest BCUT2D eigenvalue weighted by molar-refractivity contribution is 7.80. The number of carbonyl (C=O) groups is 1. The van der Waals surface area contributed by atoms with Crippen LogP contribution in [-0.2, 0) is 0 Å². The van der Waals surface area contributed by atoms with Gasteiger partial charge in [0.25, 0.3) is 5.91 Å². The summed E-state index contributed by atoms with van der Waals surface area (Å²) < 4.78 is 5.58. The van der Waals surface area contributed by atoms with E-state index in [9.17, 15) is 4.79 Å². The van der Waals surface area contributed by atoms with E-state index in [-0.39, 0.29) is 17.1 Å². The molecule has 0 aromatic heterocycles. The quantitative estimate of drug-likeness (QED) is 0.811. The normalized spacial score (nSPS) is 10.3. The maximum Gasteiger partial charge on any atom is 0.257 e. The molecule has 0 fully saturated rings. The molecule has 6 heteroatoms. The van der Waals surface area contributed by atoms with Crippen molar-refractivity contribution in [2.45, 2.75) is 20.0 Å². The number of amides is 1. The highest BCUT2D eigenvalue weighted by Gasteiger charge is 2.10. The van der Waals surface area contributed by atoms with Gasteiger partial charge >= 0.3 is 0 Å². The van der Waals surface area contributed by atoms with Gasteiger partial charge in [0, 0.05) is 5.56 Å². The second-order valence-corrected chi connectivity index (χ2v) is 5.90. The average Bonchev–Trinajstić information content (AvgIpc) is 2.49. The SMILES string of the molecule is CC(C)Oc1cccc(C(=O)NC(=S)Nc2ccccc2Cl)c1. The number of ether oxygens (including phenoxy) is 1. The lowest BCUT2D eigenvalue weighted by molar-refractivity contribution is 0.0977. The summed E-state index contributed by atoms with van der Waals surface area (Å²) in [6.45, 7) is 3.85. The zero-order chi connectivity index (χ0) is 16.8. The number of para-hydroxylation sites is 1. The molecule has 1 amide bonds.